The first-order valence-corrected chi connectivity index (χ1v) is 7.41. The summed E-state index contributed by atoms with van der Waals surface area (Å²) in [6, 6.07) is 10.1. The van der Waals surface area contributed by atoms with E-state index in [0.29, 0.717) is 13.1 Å². The van der Waals surface area contributed by atoms with E-state index in [1.54, 1.807) is 6.92 Å². The molecule has 0 fully saturated rings. The van der Waals surface area contributed by atoms with Crippen LogP contribution in [0.15, 0.2) is 36.5 Å². The van der Waals surface area contributed by atoms with Crippen LogP contribution >= 0.6 is 0 Å². The molecule has 0 radical (unpaired) electrons. The number of aliphatic hydroxyl groups is 1. The molecule has 1 aromatic carbocycles. The number of hydrogen-bond acceptors (Lipinski definition) is 3. The van der Waals surface area contributed by atoms with Crippen LogP contribution in [-0.4, -0.2) is 27.5 Å². The third-order valence-electron chi connectivity index (χ3n) is 3.28. The molecule has 0 aliphatic carbocycles. The molecule has 1 unspecified atom stereocenters. The van der Waals surface area contributed by atoms with Crippen molar-refractivity contribution < 1.29 is 5.11 Å². The Labute approximate surface area is 126 Å². The van der Waals surface area contributed by atoms with Gasteiger partial charge in [-0.15, -0.1) is 0 Å². The fourth-order valence-electron chi connectivity index (χ4n) is 2.30. The Morgan fingerprint density at radius 2 is 1.90 bits per heavy atom. The minimum absolute atomic E-state index is 0.0120. The van der Waals surface area contributed by atoms with E-state index in [4.69, 9.17) is 5.10 Å². The van der Waals surface area contributed by atoms with Gasteiger partial charge in [0.05, 0.1) is 17.5 Å². The third kappa shape index (κ3) is 4.16. The van der Waals surface area contributed by atoms with Crippen LogP contribution in [0.5, 0.6) is 0 Å². The van der Waals surface area contributed by atoms with Crippen LogP contribution in [-0.2, 0) is 12.0 Å². The van der Waals surface area contributed by atoms with Crippen molar-refractivity contribution in [2.75, 3.05) is 6.54 Å². The van der Waals surface area contributed by atoms with Gasteiger partial charge in [-0.2, -0.15) is 5.10 Å². The van der Waals surface area contributed by atoms with Crippen LogP contribution in [0.3, 0.4) is 0 Å². The molecule has 0 aliphatic rings. The Balaban J connectivity index is 2.28. The van der Waals surface area contributed by atoms with Crippen LogP contribution in [0.1, 0.15) is 39.0 Å². The van der Waals surface area contributed by atoms with Crippen LogP contribution in [0.4, 0.5) is 0 Å². The zero-order valence-corrected chi connectivity index (χ0v) is 13.3. The Morgan fingerprint density at radius 1 is 1.24 bits per heavy atom. The Morgan fingerprint density at radius 3 is 2.48 bits per heavy atom. The minimum Gasteiger partial charge on any atom is -0.392 e. The summed E-state index contributed by atoms with van der Waals surface area (Å²) in [6.07, 6.45) is 1.73. The van der Waals surface area contributed by atoms with Crippen molar-refractivity contribution in [1.29, 1.82) is 0 Å². The van der Waals surface area contributed by atoms with Crippen molar-refractivity contribution in [2.24, 2.45) is 0 Å². The molecule has 2 N–H and O–H groups in total. The maximum absolute atomic E-state index is 9.36. The van der Waals surface area contributed by atoms with E-state index in [1.807, 2.05) is 35.0 Å². The highest BCUT2D eigenvalue weighted by molar-refractivity contribution is 5.34. The molecule has 1 atom stereocenters. The van der Waals surface area contributed by atoms with Gasteiger partial charge in [0.25, 0.3) is 0 Å². The van der Waals surface area contributed by atoms with E-state index in [1.165, 1.54) is 5.56 Å². The predicted octanol–water partition coefficient (Wildman–Crippen LogP) is 2.64. The molecule has 2 aromatic rings. The normalized spacial score (nSPS) is 13.4. The zero-order chi connectivity index (χ0) is 15.5. The quantitative estimate of drug-likeness (QED) is 0.889. The van der Waals surface area contributed by atoms with E-state index in [9.17, 15) is 5.11 Å². The first-order chi connectivity index (χ1) is 9.88. The highest BCUT2D eigenvalue weighted by Gasteiger charge is 2.22. The summed E-state index contributed by atoms with van der Waals surface area (Å²) >= 11 is 0. The molecule has 21 heavy (non-hydrogen) atoms. The number of para-hydroxylation sites is 1. The number of nitrogens with one attached hydrogen (secondary N) is 1. The van der Waals surface area contributed by atoms with E-state index >= 15 is 0 Å². The van der Waals surface area contributed by atoms with E-state index in [-0.39, 0.29) is 11.5 Å². The van der Waals surface area contributed by atoms with E-state index in [0.717, 1.165) is 11.4 Å². The van der Waals surface area contributed by atoms with Crippen LogP contribution in [0.25, 0.3) is 5.69 Å². The van der Waals surface area contributed by atoms with Gasteiger partial charge in [0, 0.05) is 30.3 Å². The molecule has 0 spiro atoms. The number of aliphatic hydroxyl groups excluding tert-OH is 1. The number of benzene rings is 1. The maximum Gasteiger partial charge on any atom is 0.0727 e. The molecule has 0 saturated carbocycles. The Hall–Kier alpha value is -1.65. The second-order valence-corrected chi connectivity index (χ2v) is 6.51. The number of aromatic nitrogens is 2. The summed E-state index contributed by atoms with van der Waals surface area (Å²) in [5.41, 5.74) is 3.31. The highest BCUT2D eigenvalue weighted by Crippen LogP contribution is 2.25. The molecule has 1 heterocycles. The van der Waals surface area contributed by atoms with Gasteiger partial charge in [-0.05, 0) is 19.1 Å². The molecule has 0 saturated heterocycles. The van der Waals surface area contributed by atoms with Gasteiger partial charge in [-0.3, -0.25) is 0 Å². The summed E-state index contributed by atoms with van der Waals surface area (Å²) < 4.78 is 1.93. The van der Waals surface area contributed by atoms with Gasteiger partial charge < -0.3 is 10.4 Å². The average Bonchev–Trinajstić information content (AvgIpc) is 2.83. The summed E-state index contributed by atoms with van der Waals surface area (Å²) in [5, 5.41) is 17.4. The van der Waals surface area contributed by atoms with Crippen molar-refractivity contribution in [3.8, 4) is 5.69 Å². The molecule has 1 aromatic heterocycles. The minimum atomic E-state index is -0.341. The summed E-state index contributed by atoms with van der Waals surface area (Å²) in [4.78, 5) is 0. The number of rotatable bonds is 5. The van der Waals surface area contributed by atoms with Gasteiger partial charge in [-0.25, -0.2) is 4.68 Å². The summed E-state index contributed by atoms with van der Waals surface area (Å²) in [5.74, 6) is 0. The molecular weight excluding hydrogens is 262 g/mol. The van der Waals surface area contributed by atoms with Crippen molar-refractivity contribution in [1.82, 2.24) is 15.1 Å². The molecule has 114 valence electrons. The molecule has 4 heteroatoms. The summed E-state index contributed by atoms with van der Waals surface area (Å²) in [7, 11) is 0. The Bertz CT molecular complexity index is 567. The van der Waals surface area contributed by atoms with Crippen molar-refractivity contribution in [2.45, 2.75) is 45.8 Å². The van der Waals surface area contributed by atoms with Crippen molar-refractivity contribution >= 4 is 0 Å². The van der Waals surface area contributed by atoms with Crippen molar-refractivity contribution in [3.05, 3.63) is 47.8 Å². The SMILES string of the molecule is CC(O)CNCc1cn(-c2ccccc2)nc1C(C)(C)C. The maximum atomic E-state index is 9.36. The lowest BCUT2D eigenvalue weighted by Crippen LogP contribution is -2.25. The van der Waals surface area contributed by atoms with Crippen LogP contribution in [0, 0.1) is 0 Å². The highest BCUT2D eigenvalue weighted by atomic mass is 16.3. The topological polar surface area (TPSA) is 50.1 Å². The van der Waals surface area contributed by atoms with Crippen LogP contribution < -0.4 is 5.32 Å². The Kier molecular flexibility index (Phi) is 4.80. The smallest absolute Gasteiger partial charge is 0.0727 e. The third-order valence-corrected chi connectivity index (χ3v) is 3.28. The molecule has 0 bridgehead atoms. The standard InChI is InChI=1S/C17H25N3O/c1-13(21)10-18-11-14-12-20(15-8-6-5-7-9-15)19-16(14)17(2,3)4/h5-9,12-13,18,21H,10-11H2,1-4H3. The summed E-state index contributed by atoms with van der Waals surface area (Å²) in [6.45, 7) is 9.59. The zero-order valence-electron chi connectivity index (χ0n) is 13.3. The van der Waals surface area contributed by atoms with Gasteiger partial charge >= 0.3 is 0 Å². The van der Waals surface area contributed by atoms with E-state index < -0.39 is 0 Å². The molecule has 0 aliphatic heterocycles. The number of nitrogens with zero attached hydrogens (tertiary/aromatic N) is 2. The predicted molar refractivity (Wildman–Crippen MR) is 85.7 cm³/mol. The lowest BCUT2D eigenvalue weighted by molar-refractivity contribution is 0.191. The van der Waals surface area contributed by atoms with Gasteiger partial charge in [0.2, 0.25) is 0 Å². The van der Waals surface area contributed by atoms with Gasteiger partial charge in [0.15, 0.2) is 0 Å². The lowest BCUT2D eigenvalue weighted by Gasteiger charge is -2.17. The fourth-order valence-corrected chi connectivity index (χ4v) is 2.30. The lowest BCUT2D eigenvalue weighted by atomic mass is 9.89. The van der Waals surface area contributed by atoms with E-state index in [2.05, 4.69) is 32.3 Å². The molecule has 0 amide bonds. The second kappa shape index (κ2) is 6.41. The van der Waals surface area contributed by atoms with Gasteiger partial charge in [0.1, 0.15) is 0 Å². The average molecular weight is 287 g/mol. The first-order valence-electron chi connectivity index (χ1n) is 7.41. The fraction of sp³-hybridized carbons (Fsp3) is 0.471. The number of hydrogen-bond donors (Lipinski definition) is 2. The van der Waals surface area contributed by atoms with Crippen molar-refractivity contribution in [3.63, 3.8) is 0 Å². The largest absolute Gasteiger partial charge is 0.392 e. The first kappa shape index (κ1) is 15.7. The molecule has 2 rings (SSSR count). The molecule has 4 nitrogen and oxygen atoms in total. The van der Waals surface area contributed by atoms with Gasteiger partial charge in [-0.1, -0.05) is 39.0 Å². The monoisotopic (exact) mass is 287 g/mol. The second-order valence-electron chi connectivity index (χ2n) is 6.51. The van der Waals surface area contributed by atoms with Crippen LogP contribution in [0.2, 0.25) is 0 Å². The molecular formula is C17H25N3O.